The molecule has 1 amide bonds. The molecule has 130 valence electrons. The Hall–Kier alpha value is -2.32. The van der Waals surface area contributed by atoms with Crippen LogP contribution in [0.3, 0.4) is 0 Å². The lowest BCUT2D eigenvalue weighted by Crippen LogP contribution is -2.40. The van der Waals surface area contributed by atoms with Crippen LogP contribution in [0.4, 0.5) is 0 Å². The number of hydrogen-bond donors (Lipinski definition) is 1. The summed E-state index contributed by atoms with van der Waals surface area (Å²) >= 11 is 0. The Morgan fingerprint density at radius 3 is 2.40 bits per heavy atom. The predicted octanol–water partition coefficient (Wildman–Crippen LogP) is 1.26. The average molecular weight is 358 g/mol. The van der Waals surface area contributed by atoms with E-state index in [0.29, 0.717) is 0 Å². The maximum absolute atomic E-state index is 12.7. The van der Waals surface area contributed by atoms with E-state index in [1.807, 2.05) is 11.0 Å². The second-order valence-corrected chi connectivity index (χ2v) is 8.10. The third kappa shape index (κ3) is 3.14. The van der Waals surface area contributed by atoms with Gasteiger partial charge >= 0.3 is 0 Å². The smallest absolute Gasteiger partial charge is 0.242 e. The summed E-state index contributed by atoms with van der Waals surface area (Å²) < 4.78 is 28.0. The molecular weight excluding hydrogens is 340 g/mol. The van der Waals surface area contributed by atoms with Crippen molar-refractivity contribution in [1.29, 1.82) is 0 Å². The van der Waals surface area contributed by atoms with Crippen molar-refractivity contribution in [3.05, 3.63) is 54.6 Å². The van der Waals surface area contributed by atoms with Crippen LogP contribution in [-0.4, -0.2) is 41.3 Å². The highest BCUT2D eigenvalue weighted by Crippen LogP contribution is 2.42. The van der Waals surface area contributed by atoms with Gasteiger partial charge in [0, 0.05) is 37.3 Å². The van der Waals surface area contributed by atoms with Crippen LogP contribution in [0.25, 0.3) is 0 Å². The van der Waals surface area contributed by atoms with Crippen molar-refractivity contribution in [1.82, 2.24) is 19.6 Å². The lowest BCUT2D eigenvalue weighted by molar-refractivity contribution is -0.129. The molecule has 2 fully saturated rings. The van der Waals surface area contributed by atoms with E-state index in [0.717, 1.165) is 18.4 Å². The summed E-state index contributed by atoms with van der Waals surface area (Å²) in [5, 5.41) is 0. The molecule has 25 heavy (non-hydrogen) atoms. The fourth-order valence-corrected chi connectivity index (χ4v) is 4.57. The molecular formula is C17H18N4O3S. The Bertz CT molecular complexity index is 869. The maximum atomic E-state index is 12.7. The number of sulfonamides is 1. The molecule has 1 aliphatic carbocycles. The second-order valence-electron chi connectivity index (χ2n) is 6.38. The van der Waals surface area contributed by atoms with Crippen LogP contribution in [-0.2, 0) is 14.8 Å². The summed E-state index contributed by atoms with van der Waals surface area (Å²) in [4.78, 5) is 22.4. The van der Waals surface area contributed by atoms with Crippen LogP contribution in [0, 0.1) is 0 Å². The largest absolute Gasteiger partial charge is 0.331 e. The van der Waals surface area contributed by atoms with E-state index < -0.39 is 16.1 Å². The van der Waals surface area contributed by atoms with Crippen LogP contribution in [0.2, 0.25) is 0 Å². The molecule has 0 bridgehead atoms. The zero-order valence-electron chi connectivity index (χ0n) is 13.4. The van der Waals surface area contributed by atoms with Crippen molar-refractivity contribution >= 4 is 15.9 Å². The first-order valence-electron chi connectivity index (χ1n) is 8.20. The number of hydrogen-bond acceptors (Lipinski definition) is 5. The van der Waals surface area contributed by atoms with Crippen molar-refractivity contribution in [2.24, 2.45) is 0 Å². The zero-order chi connectivity index (χ0) is 17.4. The number of carbonyl (C=O) groups is 1. The van der Waals surface area contributed by atoms with Crippen LogP contribution >= 0.6 is 0 Å². The van der Waals surface area contributed by atoms with Gasteiger partial charge in [0.05, 0.1) is 12.1 Å². The van der Waals surface area contributed by atoms with Gasteiger partial charge < -0.3 is 4.90 Å². The van der Waals surface area contributed by atoms with Gasteiger partial charge in [0.25, 0.3) is 0 Å². The van der Waals surface area contributed by atoms with Crippen molar-refractivity contribution < 1.29 is 13.2 Å². The third-order valence-electron chi connectivity index (χ3n) is 4.58. The van der Waals surface area contributed by atoms with Crippen molar-refractivity contribution in [3.63, 3.8) is 0 Å². The fourth-order valence-electron chi connectivity index (χ4n) is 3.36. The molecule has 2 aromatic heterocycles. The number of amides is 1. The Kier molecular flexibility index (Phi) is 4.01. The van der Waals surface area contributed by atoms with E-state index >= 15 is 0 Å². The van der Waals surface area contributed by atoms with Gasteiger partial charge in [0.1, 0.15) is 4.90 Å². The minimum atomic E-state index is -3.75. The van der Waals surface area contributed by atoms with E-state index in [9.17, 15) is 13.2 Å². The van der Waals surface area contributed by atoms with Gasteiger partial charge in [-0.3, -0.25) is 14.8 Å². The third-order valence-corrected chi connectivity index (χ3v) is 6.06. The molecule has 1 aliphatic heterocycles. The monoisotopic (exact) mass is 358 g/mol. The van der Waals surface area contributed by atoms with Crippen molar-refractivity contribution in [2.75, 3.05) is 0 Å². The molecule has 3 heterocycles. The molecule has 1 saturated heterocycles. The molecule has 8 heteroatoms. The highest BCUT2D eigenvalue weighted by molar-refractivity contribution is 7.89. The number of rotatable bonds is 5. The minimum Gasteiger partial charge on any atom is -0.331 e. The molecule has 1 N–H and O–H groups in total. The summed E-state index contributed by atoms with van der Waals surface area (Å²) in [6, 6.07) is 6.09. The summed E-state index contributed by atoms with van der Waals surface area (Å²) in [6.07, 6.45) is 8.26. The first-order valence-corrected chi connectivity index (χ1v) is 9.68. The normalized spacial score (nSPS) is 23.8. The topological polar surface area (TPSA) is 92.3 Å². The Labute approximate surface area is 146 Å². The predicted molar refractivity (Wildman–Crippen MR) is 89.8 cm³/mol. The maximum Gasteiger partial charge on any atom is 0.242 e. The summed E-state index contributed by atoms with van der Waals surface area (Å²) in [5.41, 5.74) is 0.846. The van der Waals surface area contributed by atoms with E-state index in [4.69, 9.17) is 0 Å². The van der Waals surface area contributed by atoms with E-state index in [-0.39, 0.29) is 29.3 Å². The number of nitrogens with zero attached hydrogens (tertiary/aromatic N) is 3. The van der Waals surface area contributed by atoms with Gasteiger partial charge in [-0.15, -0.1) is 0 Å². The molecule has 0 unspecified atom stereocenters. The minimum absolute atomic E-state index is 0.0183. The summed E-state index contributed by atoms with van der Waals surface area (Å²) in [6.45, 7) is 0. The fraction of sp³-hybridized carbons (Fsp3) is 0.353. The van der Waals surface area contributed by atoms with Crippen LogP contribution in [0.5, 0.6) is 0 Å². The van der Waals surface area contributed by atoms with Crippen molar-refractivity contribution in [2.45, 2.75) is 42.3 Å². The molecule has 4 rings (SSSR count). The molecule has 2 aromatic rings. The average Bonchev–Trinajstić information content (AvgIpc) is 3.40. The summed E-state index contributed by atoms with van der Waals surface area (Å²) in [5.74, 6) is -0.0183. The Morgan fingerprint density at radius 1 is 1.08 bits per heavy atom. The highest BCUT2D eigenvalue weighted by atomic mass is 32.2. The zero-order valence-corrected chi connectivity index (χ0v) is 14.3. The standard InChI is InChI=1S/C17H18N4O3S/c22-16-9-15(20-25(23,24)14-4-2-8-19-11-14)17(21(16)13-5-6-13)12-3-1-7-18-10-12/h1-4,7-8,10-11,13,15,17,20H,5-6,9H2/t15-,17+/m1/s1. The van der Waals surface area contributed by atoms with Gasteiger partial charge in [-0.05, 0) is 36.6 Å². The van der Waals surface area contributed by atoms with Crippen LogP contribution < -0.4 is 4.72 Å². The number of likely N-dealkylation sites (tertiary alicyclic amines) is 1. The Balaban J connectivity index is 1.67. The lowest BCUT2D eigenvalue weighted by Gasteiger charge is -2.28. The molecule has 0 radical (unpaired) electrons. The highest BCUT2D eigenvalue weighted by Gasteiger charge is 2.48. The molecule has 2 atom stereocenters. The van der Waals surface area contributed by atoms with Gasteiger partial charge in [0.2, 0.25) is 15.9 Å². The van der Waals surface area contributed by atoms with Gasteiger partial charge in [-0.2, -0.15) is 0 Å². The van der Waals surface area contributed by atoms with Crippen LogP contribution in [0.15, 0.2) is 53.9 Å². The second kappa shape index (κ2) is 6.20. The first-order chi connectivity index (χ1) is 12.1. The lowest BCUT2D eigenvalue weighted by atomic mass is 10.0. The molecule has 1 saturated carbocycles. The summed E-state index contributed by atoms with van der Waals surface area (Å²) in [7, 11) is -3.75. The number of nitrogens with one attached hydrogen (secondary N) is 1. The Morgan fingerprint density at radius 2 is 1.80 bits per heavy atom. The number of pyridine rings is 2. The van der Waals surface area contributed by atoms with Gasteiger partial charge in [0.15, 0.2) is 0 Å². The van der Waals surface area contributed by atoms with E-state index in [1.54, 1.807) is 24.5 Å². The van der Waals surface area contributed by atoms with Crippen molar-refractivity contribution in [3.8, 4) is 0 Å². The first kappa shape index (κ1) is 16.2. The SMILES string of the molecule is O=C1C[C@@H](NS(=O)(=O)c2cccnc2)[C@H](c2cccnc2)N1C1CC1. The van der Waals surface area contributed by atoms with E-state index in [2.05, 4.69) is 14.7 Å². The number of aromatic nitrogens is 2. The van der Waals surface area contributed by atoms with Gasteiger partial charge in [-0.25, -0.2) is 13.1 Å². The molecule has 2 aliphatic rings. The quantitative estimate of drug-likeness (QED) is 0.869. The molecule has 0 spiro atoms. The molecule has 0 aromatic carbocycles. The van der Waals surface area contributed by atoms with E-state index in [1.165, 1.54) is 18.5 Å². The number of carbonyl (C=O) groups excluding carboxylic acids is 1. The van der Waals surface area contributed by atoms with Crippen LogP contribution in [0.1, 0.15) is 30.9 Å². The van der Waals surface area contributed by atoms with Gasteiger partial charge in [-0.1, -0.05) is 6.07 Å². The molecule has 7 nitrogen and oxygen atoms in total.